The molecule has 1 aromatic heterocycles. The standard InChI is InChI=1S/C23H27N5O3/c1-18-24-23(31-26-18)16-28-13-11-27(12-14-28)15-22(29)25-20-7-9-21(10-8-20)30-17-19-5-3-2-4-6-19/h2-10H,11-17H2,1H3,(H,25,29). The summed E-state index contributed by atoms with van der Waals surface area (Å²) in [6.45, 7) is 6.74. The van der Waals surface area contributed by atoms with Crippen molar-refractivity contribution in [3.8, 4) is 5.75 Å². The lowest BCUT2D eigenvalue weighted by Crippen LogP contribution is -2.48. The van der Waals surface area contributed by atoms with Gasteiger partial charge >= 0.3 is 0 Å². The third-order valence-electron chi connectivity index (χ3n) is 5.15. The lowest BCUT2D eigenvalue weighted by molar-refractivity contribution is -0.117. The lowest BCUT2D eigenvalue weighted by Gasteiger charge is -2.33. The van der Waals surface area contributed by atoms with Crippen molar-refractivity contribution in [3.63, 3.8) is 0 Å². The van der Waals surface area contributed by atoms with Gasteiger partial charge in [0.2, 0.25) is 11.8 Å². The maximum atomic E-state index is 12.4. The predicted molar refractivity (Wildman–Crippen MR) is 117 cm³/mol. The smallest absolute Gasteiger partial charge is 0.240 e. The van der Waals surface area contributed by atoms with Crippen molar-refractivity contribution < 1.29 is 14.1 Å². The Kier molecular flexibility index (Phi) is 6.91. The molecule has 1 fully saturated rings. The summed E-state index contributed by atoms with van der Waals surface area (Å²) in [5.74, 6) is 2.05. The number of anilines is 1. The highest BCUT2D eigenvalue weighted by molar-refractivity contribution is 5.92. The normalized spacial score (nSPS) is 15.0. The summed E-state index contributed by atoms with van der Waals surface area (Å²) in [5.41, 5.74) is 1.88. The Hall–Kier alpha value is -3.23. The van der Waals surface area contributed by atoms with Crippen LogP contribution in [-0.2, 0) is 17.9 Å². The topological polar surface area (TPSA) is 83.7 Å². The van der Waals surface area contributed by atoms with Crippen LogP contribution in [0, 0.1) is 6.92 Å². The van der Waals surface area contributed by atoms with Gasteiger partial charge in [0, 0.05) is 31.9 Å². The van der Waals surface area contributed by atoms with E-state index in [4.69, 9.17) is 9.26 Å². The van der Waals surface area contributed by atoms with Crippen LogP contribution < -0.4 is 10.1 Å². The van der Waals surface area contributed by atoms with E-state index >= 15 is 0 Å². The van der Waals surface area contributed by atoms with Gasteiger partial charge in [0.15, 0.2) is 5.82 Å². The fourth-order valence-electron chi connectivity index (χ4n) is 3.48. The highest BCUT2D eigenvalue weighted by atomic mass is 16.5. The number of ether oxygens (including phenoxy) is 1. The first-order valence-corrected chi connectivity index (χ1v) is 10.4. The van der Waals surface area contributed by atoms with Gasteiger partial charge in [0.05, 0.1) is 13.1 Å². The molecule has 1 saturated heterocycles. The molecule has 1 amide bonds. The molecule has 3 aromatic rings. The Morgan fingerprint density at radius 2 is 1.74 bits per heavy atom. The second kappa shape index (κ2) is 10.2. The molecule has 0 radical (unpaired) electrons. The number of nitrogens with zero attached hydrogens (tertiary/aromatic N) is 4. The number of aromatic nitrogens is 2. The highest BCUT2D eigenvalue weighted by Gasteiger charge is 2.20. The molecule has 1 N–H and O–H groups in total. The summed E-state index contributed by atoms with van der Waals surface area (Å²) in [7, 11) is 0. The molecule has 0 aliphatic carbocycles. The Morgan fingerprint density at radius 3 is 2.42 bits per heavy atom. The van der Waals surface area contributed by atoms with E-state index in [0.717, 1.165) is 43.2 Å². The van der Waals surface area contributed by atoms with Gasteiger partial charge in [-0.15, -0.1) is 0 Å². The summed E-state index contributed by atoms with van der Waals surface area (Å²) >= 11 is 0. The number of benzene rings is 2. The van der Waals surface area contributed by atoms with Crippen LogP contribution in [0.2, 0.25) is 0 Å². The van der Waals surface area contributed by atoms with Crippen molar-refractivity contribution in [2.75, 3.05) is 38.0 Å². The maximum Gasteiger partial charge on any atom is 0.240 e. The van der Waals surface area contributed by atoms with Crippen molar-refractivity contribution >= 4 is 11.6 Å². The van der Waals surface area contributed by atoms with E-state index < -0.39 is 0 Å². The number of hydrogen-bond acceptors (Lipinski definition) is 7. The van der Waals surface area contributed by atoms with E-state index in [0.29, 0.717) is 31.4 Å². The van der Waals surface area contributed by atoms with E-state index in [1.54, 1.807) is 0 Å². The first kappa shape index (κ1) is 21.0. The Labute approximate surface area is 181 Å². The van der Waals surface area contributed by atoms with Gasteiger partial charge in [-0.3, -0.25) is 14.6 Å². The Balaban J connectivity index is 1.17. The maximum absolute atomic E-state index is 12.4. The molecule has 0 unspecified atom stereocenters. The van der Waals surface area contributed by atoms with Crippen LogP contribution in [0.5, 0.6) is 5.75 Å². The molecule has 0 bridgehead atoms. The van der Waals surface area contributed by atoms with E-state index in [-0.39, 0.29) is 5.91 Å². The molecule has 4 rings (SSSR count). The van der Waals surface area contributed by atoms with Gasteiger partial charge in [-0.1, -0.05) is 35.5 Å². The average Bonchev–Trinajstić information content (AvgIpc) is 3.20. The monoisotopic (exact) mass is 421 g/mol. The fourth-order valence-corrected chi connectivity index (χ4v) is 3.48. The molecule has 1 aliphatic heterocycles. The lowest BCUT2D eigenvalue weighted by atomic mass is 10.2. The Bertz CT molecular complexity index is 966. The molecule has 2 aromatic carbocycles. The average molecular weight is 422 g/mol. The van der Waals surface area contributed by atoms with Crippen LogP contribution in [0.1, 0.15) is 17.3 Å². The summed E-state index contributed by atoms with van der Waals surface area (Å²) in [6.07, 6.45) is 0. The van der Waals surface area contributed by atoms with Crippen molar-refractivity contribution in [2.45, 2.75) is 20.1 Å². The van der Waals surface area contributed by atoms with E-state index in [1.807, 2.05) is 61.5 Å². The van der Waals surface area contributed by atoms with Crippen molar-refractivity contribution in [2.24, 2.45) is 0 Å². The second-order valence-corrected chi connectivity index (χ2v) is 7.63. The summed E-state index contributed by atoms with van der Waals surface area (Å²) in [6, 6.07) is 17.5. The molecule has 0 saturated carbocycles. The van der Waals surface area contributed by atoms with Crippen LogP contribution in [0.25, 0.3) is 0 Å². The molecule has 0 atom stereocenters. The van der Waals surface area contributed by atoms with E-state index in [1.165, 1.54) is 0 Å². The number of aryl methyl sites for hydroxylation is 1. The Morgan fingerprint density at radius 1 is 1.03 bits per heavy atom. The minimum absolute atomic E-state index is 0.0149. The molecule has 0 spiro atoms. The van der Waals surface area contributed by atoms with Gasteiger partial charge in [-0.2, -0.15) is 4.98 Å². The number of amides is 1. The van der Waals surface area contributed by atoms with E-state index in [9.17, 15) is 4.79 Å². The first-order chi connectivity index (χ1) is 15.1. The van der Waals surface area contributed by atoms with Crippen LogP contribution >= 0.6 is 0 Å². The number of hydrogen-bond donors (Lipinski definition) is 1. The van der Waals surface area contributed by atoms with Gasteiger partial charge in [0.25, 0.3) is 0 Å². The van der Waals surface area contributed by atoms with Gasteiger partial charge in [-0.25, -0.2) is 0 Å². The quantitative estimate of drug-likeness (QED) is 0.599. The highest BCUT2D eigenvalue weighted by Crippen LogP contribution is 2.17. The zero-order valence-corrected chi connectivity index (χ0v) is 17.7. The van der Waals surface area contributed by atoms with Gasteiger partial charge in [0.1, 0.15) is 12.4 Å². The molecule has 8 heteroatoms. The zero-order chi connectivity index (χ0) is 21.5. The molecule has 2 heterocycles. The van der Waals surface area contributed by atoms with Crippen molar-refractivity contribution in [3.05, 3.63) is 71.9 Å². The van der Waals surface area contributed by atoms with Crippen LogP contribution in [0.3, 0.4) is 0 Å². The van der Waals surface area contributed by atoms with Gasteiger partial charge in [-0.05, 0) is 36.8 Å². The number of carbonyl (C=O) groups excluding carboxylic acids is 1. The fraction of sp³-hybridized carbons (Fsp3) is 0.348. The number of carbonyl (C=O) groups is 1. The largest absolute Gasteiger partial charge is 0.489 e. The molecule has 1 aliphatic rings. The van der Waals surface area contributed by atoms with Crippen molar-refractivity contribution in [1.29, 1.82) is 0 Å². The third-order valence-corrected chi connectivity index (χ3v) is 5.15. The van der Waals surface area contributed by atoms with Crippen LogP contribution in [0.4, 0.5) is 5.69 Å². The first-order valence-electron chi connectivity index (χ1n) is 10.4. The van der Waals surface area contributed by atoms with E-state index in [2.05, 4.69) is 25.3 Å². The molecule has 8 nitrogen and oxygen atoms in total. The van der Waals surface area contributed by atoms with Crippen LogP contribution in [-0.4, -0.2) is 58.6 Å². The molecule has 162 valence electrons. The van der Waals surface area contributed by atoms with Crippen molar-refractivity contribution in [1.82, 2.24) is 19.9 Å². The van der Waals surface area contributed by atoms with Crippen LogP contribution in [0.15, 0.2) is 59.1 Å². The summed E-state index contributed by atoms with van der Waals surface area (Å²) in [4.78, 5) is 21.1. The number of nitrogens with one attached hydrogen (secondary N) is 1. The number of rotatable bonds is 8. The molecular formula is C23H27N5O3. The zero-order valence-electron chi connectivity index (χ0n) is 17.7. The second-order valence-electron chi connectivity index (χ2n) is 7.63. The minimum Gasteiger partial charge on any atom is -0.489 e. The number of piperazine rings is 1. The van der Waals surface area contributed by atoms with Gasteiger partial charge < -0.3 is 14.6 Å². The molecular weight excluding hydrogens is 394 g/mol. The third kappa shape index (κ3) is 6.37. The minimum atomic E-state index is -0.0149. The predicted octanol–water partition coefficient (Wildman–Crippen LogP) is 2.71. The summed E-state index contributed by atoms with van der Waals surface area (Å²) < 4.78 is 11.0. The molecule has 31 heavy (non-hydrogen) atoms. The summed E-state index contributed by atoms with van der Waals surface area (Å²) in [5, 5.41) is 6.78. The SMILES string of the molecule is Cc1noc(CN2CCN(CC(=O)Nc3ccc(OCc4ccccc4)cc3)CC2)n1.